The number of hydrogen-bond donors (Lipinski definition) is 0. The molecule has 2 saturated heterocycles. The Bertz CT molecular complexity index is 893. The minimum absolute atomic E-state index is 0.0137. The van der Waals surface area contributed by atoms with Gasteiger partial charge in [0.2, 0.25) is 11.8 Å². The van der Waals surface area contributed by atoms with Crippen molar-refractivity contribution in [1.82, 2.24) is 20.3 Å². The Morgan fingerprint density at radius 1 is 0.750 bits per heavy atom. The molecule has 0 atom stereocenters. The van der Waals surface area contributed by atoms with Crippen LogP contribution in [0.2, 0.25) is 0 Å². The fourth-order valence-corrected chi connectivity index (χ4v) is 4.34. The topological polar surface area (TPSA) is 130 Å². The highest BCUT2D eigenvalue weighted by molar-refractivity contribution is 6.29. The lowest BCUT2D eigenvalue weighted by Gasteiger charge is -2.37. The quantitative estimate of drug-likeness (QED) is 0.496. The molecule has 4 heterocycles. The van der Waals surface area contributed by atoms with E-state index in [-0.39, 0.29) is 21.1 Å². The molecule has 0 N–H and O–H groups in total. The van der Waals surface area contributed by atoms with Crippen molar-refractivity contribution in [2.75, 3.05) is 40.3 Å². The van der Waals surface area contributed by atoms with Crippen molar-refractivity contribution in [1.29, 1.82) is 0 Å². The van der Waals surface area contributed by atoms with Crippen LogP contribution in [0.1, 0.15) is 60.9 Å². The van der Waals surface area contributed by atoms with Crippen molar-refractivity contribution in [3.8, 4) is 0 Å². The third kappa shape index (κ3) is 4.96. The Morgan fingerprint density at radius 2 is 1.09 bits per heavy atom. The minimum atomic E-state index is -0.978. The number of nitrogens with zero attached hydrogens (tertiary/aromatic N) is 6. The smallest absolute Gasteiger partial charge is 0.339 e. The Balaban J connectivity index is 1.26. The predicted octanol–water partition coefficient (Wildman–Crippen LogP) is 1.33. The van der Waals surface area contributed by atoms with Crippen molar-refractivity contribution >= 4 is 11.9 Å². The van der Waals surface area contributed by atoms with Gasteiger partial charge >= 0.3 is 11.9 Å². The summed E-state index contributed by atoms with van der Waals surface area (Å²) >= 11 is 0. The molecule has 32 heavy (non-hydrogen) atoms. The zero-order valence-corrected chi connectivity index (χ0v) is 18.9. The lowest BCUT2D eigenvalue weighted by atomic mass is 9.97. The van der Waals surface area contributed by atoms with E-state index in [1.54, 1.807) is 27.9 Å². The van der Waals surface area contributed by atoms with Crippen LogP contribution >= 0.6 is 0 Å². The highest BCUT2D eigenvalue weighted by Gasteiger charge is 2.43. The molecule has 174 valence electrons. The van der Waals surface area contributed by atoms with Crippen LogP contribution in [0.3, 0.4) is 0 Å². The Morgan fingerprint density at radius 3 is 1.38 bits per heavy atom. The van der Waals surface area contributed by atoms with Crippen molar-refractivity contribution in [2.24, 2.45) is 0 Å². The predicted molar refractivity (Wildman–Crippen MR) is 106 cm³/mol. The molecule has 12 nitrogen and oxygen atoms in total. The van der Waals surface area contributed by atoms with E-state index in [2.05, 4.69) is 20.3 Å². The lowest BCUT2D eigenvalue weighted by molar-refractivity contribution is -1.08. The second-order valence-electron chi connectivity index (χ2n) is 9.15. The Hall–Kier alpha value is -2.86. The first-order valence-corrected chi connectivity index (χ1v) is 10.9. The molecule has 2 aliphatic rings. The minimum Gasteiger partial charge on any atom is -0.339 e. The van der Waals surface area contributed by atoms with Gasteiger partial charge in [0.1, 0.15) is 40.3 Å². The van der Waals surface area contributed by atoms with Crippen molar-refractivity contribution in [3.05, 3.63) is 23.4 Å². The molecule has 0 aromatic carbocycles. The van der Waals surface area contributed by atoms with Crippen molar-refractivity contribution in [3.63, 3.8) is 0 Å². The van der Waals surface area contributed by atoms with Crippen LogP contribution in [-0.2, 0) is 19.3 Å². The van der Waals surface area contributed by atoms with Crippen LogP contribution in [-0.4, -0.2) is 81.8 Å². The maximum Gasteiger partial charge on any atom is 0.480 e. The van der Waals surface area contributed by atoms with Crippen LogP contribution in [0.5, 0.6) is 0 Å². The molecule has 0 saturated carbocycles. The van der Waals surface area contributed by atoms with E-state index in [0.717, 1.165) is 0 Å². The van der Waals surface area contributed by atoms with E-state index < -0.39 is 11.9 Å². The zero-order chi connectivity index (χ0) is 22.9. The van der Waals surface area contributed by atoms with Gasteiger partial charge in [0, 0.05) is 37.5 Å². The first-order valence-electron chi connectivity index (χ1n) is 10.9. The SMILES string of the molecule is Cc1noc(C2CC[N+](C)(OC(=O)C(=O)O[N+]3(C)CCC(c4nc(C)no4)CC3)CC2)n1. The molecule has 0 aliphatic carbocycles. The van der Waals surface area contributed by atoms with Crippen LogP contribution in [0.25, 0.3) is 0 Å². The molecule has 4 rings (SSSR count). The van der Waals surface area contributed by atoms with Crippen LogP contribution in [0, 0.1) is 13.8 Å². The number of hydrogen-bond acceptors (Lipinski definition) is 10. The molecule has 12 heteroatoms. The summed E-state index contributed by atoms with van der Waals surface area (Å²) in [4.78, 5) is 44.6. The number of likely N-dealkylation sites (tertiary alicyclic amines) is 2. The maximum absolute atomic E-state index is 12.5. The van der Waals surface area contributed by atoms with Crippen LogP contribution in [0.15, 0.2) is 9.05 Å². The van der Waals surface area contributed by atoms with E-state index in [1.807, 2.05) is 0 Å². The summed E-state index contributed by atoms with van der Waals surface area (Å²) in [6.07, 6.45) is 2.85. The van der Waals surface area contributed by atoms with E-state index >= 15 is 0 Å². The second-order valence-corrected chi connectivity index (χ2v) is 9.15. The summed E-state index contributed by atoms with van der Waals surface area (Å²) in [5.41, 5.74) is 0. The zero-order valence-electron chi connectivity index (χ0n) is 18.9. The highest BCUT2D eigenvalue weighted by Crippen LogP contribution is 2.31. The van der Waals surface area contributed by atoms with Gasteiger partial charge in [-0.1, -0.05) is 10.3 Å². The van der Waals surface area contributed by atoms with Gasteiger partial charge in [-0.25, -0.2) is 9.59 Å². The molecule has 2 aromatic heterocycles. The molecule has 0 bridgehead atoms. The standard InChI is InChI=1S/C20H30N6O6/c1-13-21-17(29-23-13)15-5-9-25(3,10-6-15)31-19(27)20(28)32-26(4)11-7-16(8-12-26)18-22-14(2)24-30-18/h15-16H,5-12H2,1-4H3/q+2. The third-order valence-corrected chi connectivity index (χ3v) is 6.36. The average Bonchev–Trinajstić information content (AvgIpc) is 3.37. The highest BCUT2D eigenvalue weighted by atomic mass is 16.8. The number of carbonyl (C=O) groups is 2. The van der Waals surface area contributed by atoms with Crippen molar-refractivity contribution < 1.29 is 37.6 Å². The normalized spacial score (nSPS) is 30.6. The number of hydroxylamine groups is 6. The number of aryl methyl sites for hydroxylation is 2. The lowest BCUT2D eigenvalue weighted by Crippen LogP contribution is -2.54. The Labute approximate surface area is 185 Å². The number of quaternary nitrogens is 2. The number of rotatable bonds is 4. The summed E-state index contributed by atoms with van der Waals surface area (Å²) in [7, 11) is 3.57. The average molecular weight is 450 g/mol. The summed E-state index contributed by atoms with van der Waals surface area (Å²) in [5.74, 6) is 0.715. The van der Waals surface area contributed by atoms with E-state index in [1.165, 1.54) is 0 Å². The number of piperidine rings is 2. The van der Waals surface area contributed by atoms with Crippen molar-refractivity contribution in [2.45, 2.75) is 51.4 Å². The maximum atomic E-state index is 12.5. The van der Waals surface area contributed by atoms with E-state index in [9.17, 15) is 9.59 Å². The molecule has 2 fully saturated rings. The summed E-state index contributed by atoms with van der Waals surface area (Å²) in [5, 5.41) is 7.67. The third-order valence-electron chi connectivity index (χ3n) is 6.36. The van der Waals surface area contributed by atoms with Gasteiger partial charge in [-0.3, -0.25) is 9.68 Å². The Kier molecular flexibility index (Phi) is 5.99. The largest absolute Gasteiger partial charge is 0.480 e. The molecule has 0 spiro atoms. The second kappa shape index (κ2) is 8.58. The molecule has 0 radical (unpaired) electrons. The van der Waals surface area contributed by atoms with Gasteiger partial charge < -0.3 is 9.05 Å². The first kappa shape index (κ1) is 22.3. The fraction of sp³-hybridized carbons (Fsp3) is 0.700. The van der Waals surface area contributed by atoms with Gasteiger partial charge in [-0.05, 0) is 13.8 Å². The molecule has 2 aromatic rings. The monoisotopic (exact) mass is 450 g/mol. The molecular formula is C20H30N6O6+2. The van der Waals surface area contributed by atoms with Gasteiger partial charge in [0.05, 0.1) is 0 Å². The van der Waals surface area contributed by atoms with Gasteiger partial charge in [0.25, 0.3) is 0 Å². The van der Waals surface area contributed by atoms with E-state index in [0.29, 0.717) is 75.3 Å². The van der Waals surface area contributed by atoms with Gasteiger partial charge in [0.15, 0.2) is 11.6 Å². The van der Waals surface area contributed by atoms with Crippen LogP contribution < -0.4 is 0 Å². The molecular weight excluding hydrogens is 420 g/mol. The summed E-state index contributed by atoms with van der Waals surface area (Å²) < 4.78 is 10.5. The summed E-state index contributed by atoms with van der Waals surface area (Å²) in [6.45, 7) is 5.73. The molecule has 2 aliphatic heterocycles. The van der Waals surface area contributed by atoms with Gasteiger partial charge in [-0.2, -0.15) is 9.97 Å². The number of aromatic nitrogens is 4. The van der Waals surface area contributed by atoms with Crippen LogP contribution in [0.4, 0.5) is 0 Å². The van der Waals surface area contributed by atoms with E-state index in [4.69, 9.17) is 18.7 Å². The summed E-state index contributed by atoms with van der Waals surface area (Å²) in [6, 6.07) is 0. The fourth-order valence-electron chi connectivity index (χ4n) is 4.34. The number of carbonyl (C=O) groups excluding carboxylic acids is 2. The van der Waals surface area contributed by atoms with Gasteiger partial charge in [-0.15, -0.1) is 9.29 Å². The molecule has 0 unspecified atom stereocenters. The first-order chi connectivity index (χ1) is 15.1. The molecule has 0 amide bonds.